The van der Waals surface area contributed by atoms with Crippen LogP contribution in [0.15, 0.2) is 24.3 Å². The first-order chi connectivity index (χ1) is 15.0. The van der Waals surface area contributed by atoms with Crippen molar-refractivity contribution in [2.45, 2.75) is 13.2 Å². The Hall–Kier alpha value is -2.43. The van der Waals surface area contributed by atoms with E-state index < -0.39 is 6.29 Å². The lowest BCUT2D eigenvalue weighted by molar-refractivity contribution is -0.286. The van der Waals surface area contributed by atoms with Crippen molar-refractivity contribution in [3.63, 3.8) is 0 Å². The van der Waals surface area contributed by atoms with Crippen LogP contribution < -0.4 is 14.4 Å². The van der Waals surface area contributed by atoms with Gasteiger partial charge in [0.1, 0.15) is 0 Å². The molecule has 4 heterocycles. The molecule has 0 saturated carbocycles. The van der Waals surface area contributed by atoms with Gasteiger partial charge in [-0.2, -0.15) is 5.10 Å². The molecule has 1 aromatic carbocycles. The maximum atomic E-state index is 13.3. The van der Waals surface area contributed by atoms with Gasteiger partial charge in [-0.15, -0.1) is 8.78 Å². The Balaban J connectivity index is 1.20. The summed E-state index contributed by atoms with van der Waals surface area (Å²) in [6.07, 6.45) is -3.62. The summed E-state index contributed by atoms with van der Waals surface area (Å²) in [6, 6.07) is 6.75. The van der Waals surface area contributed by atoms with Crippen LogP contribution in [0.1, 0.15) is 5.69 Å². The van der Waals surface area contributed by atoms with Crippen molar-refractivity contribution in [2.24, 2.45) is 0 Å². The highest BCUT2D eigenvalue weighted by Crippen LogP contribution is 2.42. The molecule has 0 N–H and O–H groups in total. The number of alkyl halides is 2. The van der Waals surface area contributed by atoms with Crippen LogP contribution in [0.25, 0.3) is 5.69 Å². The van der Waals surface area contributed by atoms with Crippen molar-refractivity contribution >= 4 is 5.82 Å². The Labute approximate surface area is 179 Å². The quantitative estimate of drug-likeness (QED) is 0.712. The lowest BCUT2D eigenvalue weighted by Gasteiger charge is -2.36. The molecule has 1 aromatic heterocycles. The summed E-state index contributed by atoms with van der Waals surface area (Å²) in [5.41, 5.74) is 1.59. The summed E-state index contributed by atoms with van der Waals surface area (Å²) < 4.78 is 42.8. The number of aryl methyl sites for hydroxylation is 1. The standard InChI is InChI=1S/C21H27F2N5O3/c1-16-14-20(24-28(16)17-2-3-18-19(15-17)31-21(22,23)30-18)27-8-6-25(7-9-27)4-5-26-10-12-29-13-11-26/h2-3,14-15H,4-13H2,1H3. The monoisotopic (exact) mass is 435 g/mol. The maximum Gasteiger partial charge on any atom is 0.586 e. The first kappa shape index (κ1) is 20.5. The summed E-state index contributed by atoms with van der Waals surface area (Å²) in [5, 5.41) is 4.73. The van der Waals surface area contributed by atoms with E-state index in [2.05, 4.69) is 24.2 Å². The number of hydrogen-bond acceptors (Lipinski definition) is 7. The molecule has 168 valence electrons. The molecule has 3 aliphatic heterocycles. The smallest absolute Gasteiger partial charge is 0.395 e. The van der Waals surface area contributed by atoms with Gasteiger partial charge in [0.25, 0.3) is 0 Å². The first-order valence-corrected chi connectivity index (χ1v) is 10.7. The SMILES string of the molecule is Cc1cc(N2CCN(CCN3CCOCC3)CC2)nn1-c1ccc2c(c1)OC(F)(F)O2. The van der Waals surface area contributed by atoms with Crippen LogP contribution in [-0.4, -0.2) is 91.4 Å². The number of anilines is 1. The second kappa shape index (κ2) is 8.25. The van der Waals surface area contributed by atoms with Gasteiger partial charge >= 0.3 is 6.29 Å². The highest BCUT2D eigenvalue weighted by Gasteiger charge is 2.43. The molecular weight excluding hydrogens is 408 g/mol. The number of ether oxygens (including phenoxy) is 3. The van der Waals surface area contributed by atoms with Crippen molar-refractivity contribution in [1.29, 1.82) is 0 Å². The number of piperazine rings is 1. The van der Waals surface area contributed by atoms with Crippen LogP contribution in [0, 0.1) is 6.92 Å². The van der Waals surface area contributed by atoms with E-state index in [9.17, 15) is 8.78 Å². The van der Waals surface area contributed by atoms with Crippen LogP contribution >= 0.6 is 0 Å². The van der Waals surface area contributed by atoms with E-state index in [1.54, 1.807) is 10.7 Å². The lowest BCUT2D eigenvalue weighted by atomic mass is 10.2. The Morgan fingerprint density at radius 1 is 0.903 bits per heavy atom. The molecule has 8 nitrogen and oxygen atoms in total. The van der Waals surface area contributed by atoms with Gasteiger partial charge in [0.2, 0.25) is 0 Å². The molecule has 0 spiro atoms. The summed E-state index contributed by atoms with van der Waals surface area (Å²) in [6.45, 7) is 11.6. The largest absolute Gasteiger partial charge is 0.586 e. The van der Waals surface area contributed by atoms with Gasteiger partial charge in [0.15, 0.2) is 17.3 Å². The minimum atomic E-state index is -3.62. The van der Waals surface area contributed by atoms with Crippen LogP contribution in [-0.2, 0) is 4.74 Å². The van der Waals surface area contributed by atoms with Gasteiger partial charge < -0.3 is 19.1 Å². The Kier molecular flexibility index (Phi) is 5.45. The van der Waals surface area contributed by atoms with Gasteiger partial charge in [-0.1, -0.05) is 0 Å². The van der Waals surface area contributed by atoms with Gasteiger partial charge in [0.05, 0.1) is 18.9 Å². The normalized spacial score (nSPS) is 21.6. The van der Waals surface area contributed by atoms with Gasteiger partial charge in [-0.25, -0.2) is 4.68 Å². The van der Waals surface area contributed by atoms with Crippen molar-refractivity contribution in [3.05, 3.63) is 30.0 Å². The van der Waals surface area contributed by atoms with E-state index in [4.69, 9.17) is 9.84 Å². The minimum Gasteiger partial charge on any atom is -0.395 e. The van der Waals surface area contributed by atoms with Crippen molar-refractivity contribution < 1.29 is 23.0 Å². The van der Waals surface area contributed by atoms with Crippen molar-refractivity contribution in [3.8, 4) is 17.2 Å². The van der Waals surface area contributed by atoms with E-state index in [0.29, 0.717) is 5.69 Å². The summed E-state index contributed by atoms with van der Waals surface area (Å²) in [4.78, 5) is 7.23. The molecule has 0 amide bonds. The van der Waals surface area contributed by atoms with Gasteiger partial charge in [-0.05, 0) is 19.1 Å². The summed E-state index contributed by atoms with van der Waals surface area (Å²) in [5.74, 6) is 0.952. The Morgan fingerprint density at radius 3 is 2.32 bits per heavy atom. The van der Waals surface area contributed by atoms with Crippen molar-refractivity contribution in [1.82, 2.24) is 19.6 Å². The van der Waals surface area contributed by atoms with Crippen LogP contribution in [0.5, 0.6) is 11.5 Å². The molecule has 0 atom stereocenters. The molecule has 31 heavy (non-hydrogen) atoms. The van der Waals surface area contributed by atoms with E-state index in [-0.39, 0.29) is 11.5 Å². The average Bonchev–Trinajstić information content (AvgIpc) is 3.30. The summed E-state index contributed by atoms with van der Waals surface area (Å²) >= 11 is 0. The molecule has 2 fully saturated rings. The number of fused-ring (bicyclic) bond motifs is 1. The topological polar surface area (TPSA) is 55.2 Å². The summed E-state index contributed by atoms with van der Waals surface area (Å²) in [7, 11) is 0. The number of aromatic nitrogens is 2. The Morgan fingerprint density at radius 2 is 1.58 bits per heavy atom. The number of benzene rings is 1. The molecular formula is C21H27F2N5O3. The fourth-order valence-electron chi connectivity index (χ4n) is 4.25. The number of rotatable bonds is 5. The van der Waals surface area contributed by atoms with E-state index >= 15 is 0 Å². The first-order valence-electron chi connectivity index (χ1n) is 10.7. The van der Waals surface area contributed by atoms with Crippen LogP contribution in [0.4, 0.5) is 14.6 Å². The van der Waals surface area contributed by atoms with Crippen molar-refractivity contribution in [2.75, 3.05) is 70.5 Å². The molecule has 0 bridgehead atoms. The lowest BCUT2D eigenvalue weighted by Crippen LogP contribution is -2.49. The number of halogens is 2. The zero-order chi connectivity index (χ0) is 21.4. The second-order valence-electron chi connectivity index (χ2n) is 8.14. The second-order valence-corrected chi connectivity index (χ2v) is 8.14. The van der Waals surface area contributed by atoms with Crippen LogP contribution in [0.2, 0.25) is 0 Å². The molecule has 0 unspecified atom stereocenters. The zero-order valence-electron chi connectivity index (χ0n) is 17.6. The predicted octanol–water partition coefficient (Wildman–Crippen LogP) is 1.96. The van der Waals surface area contributed by atoms with Gasteiger partial charge in [-0.3, -0.25) is 9.80 Å². The van der Waals surface area contributed by atoms with E-state index in [0.717, 1.165) is 77.1 Å². The zero-order valence-corrected chi connectivity index (χ0v) is 17.6. The molecule has 10 heteroatoms. The fourth-order valence-corrected chi connectivity index (χ4v) is 4.25. The fraction of sp³-hybridized carbons (Fsp3) is 0.571. The molecule has 5 rings (SSSR count). The molecule has 2 aromatic rings. The highest BCUT2D eigenvalue weighted by atomic mass is 19.3. The van der Waals surface area contributed by atoms with E-state index in [1.165, 1.54) is 12.1 Å². The highest BCUT2D eigenvalue weighted by molar-refractivity contribution is 5.52. The number of hydrogen-bond donors (Lipinski definition) is 0. The molecule has 0 radical (unpaired) electrons. The van der Waals surface area contributed by atoms with E-state index in [1.807, 2.05) is 13.0 Å². The third kappa shape index (κ3) is 4.46. The Bertz CT molecular complexity index is 924. The number of nitrogens with zero attached hydrogens (tertiary/aromatic N) is 5. The maximum absolute atomic E-state index is 13.3. The predicted molar refractivity (Wildman–Crippen MR) is 110 cm³/mol. The van der Waals surface area contributed by atoms with Gasteiger partial charge in [0, 0.05) is 70.2 Å². The minimum absolute atomic E-state index is 0.0211. The third-order valence-electron chi connectivity index (χ3n) is 6.04. The third-order valence-corrected chi connectivity index (χ3v) is 6.04. The number of morpholine rings is 1. The molecule has 0 aliphatic carbocycles. The molecule has 2 saturated heterocycles. The average molecular weight is 435 g/mol. The van der Waals surface area contributed by atoms with Crippen LogP contribution in [0.3, 0.4) is 0 Å². The molecule has 3 aliphatic rings.